The number of halogens is 2. The molecule has 12 heavy (non-hydrogen) atoms. The van der Waals surface area contributed by atoms with Gasteiger partial charge >= 0.3 is 6.03 Å². The Bertz CT molecular complexity index is 131. The zero-order valence-electron chi connectivity index (χ0n) is 7.15. The van der Waals surface area contributed by atoms with E-state index < -0.39 is 6.03 Å². The predicted octanol–water partition coefficient (Wildman–Crippen LogP) is 2.89. The molecule has 5 heteroatoms. The minimum Gasteiger partial charge on any atom is -0.336 e. The smallest absolute Gasteiger partial charge is 0.336 e. The summed E-state index contributed by atoms with van der Waals surface area (Å²) < 4.78 is 0.500. The number of nitrogens with one attached hydrogen (secondary N) is 1. The molecule has 0 aliphatic heterocycles. The summed E-state index contributed by atoms with van der Waals surface area (Å²) in [6.07, 6.45) is 4.48. The topological polar surface area (TPSA) is 32.3 Å². The van der Waals surface area contributed by atoms with Crippen LogP contribution in [0.25, 0.3) is 0 Å². The van der Waals surface area contributed by atoms with Gasteiger partial charge in [0.1, 0.15) is 0 Å². The van der Waals surface area contributed by atoms with Crippen LogP contribution in [0.5, 0.6) is 0 Å². The van der Waals surface area contributed by atoms with Crippen molar-refractivity contribution in [3.8, 4) is 0 Å². The lowest BCUT2D eigenvalue weighted by atomic mass is 10.2. The van der Waals surface area contributed by atoms with Crippen molar-refractivity contribution in [1.29, 1.82) is 0 Å². The van der Waals surface area contributed by atoms with Gasteiger partial charge in [-0.1, -0.05) is 26.2 Å². The fourth-order valence-electron chi connectivity index (χ4n) is 0.807. The van der Waals surface area contributed by atoms with Crippen LogP contribution in [0.4, 0.5) is 4.79 Å². The maximum Gasteiger partial charge on any atom is 0.347 e. The Morgan fingerprint density at radius 2 is 2.00 bits per heavy atom. The Morgan fingerprint density at radius 3 is 2.50 bits per heavy atom. The third kappa shape index (κ3) is 6.55. The number of hydrogen-bond donors (Lipinski definition) is 1. The van der Waals surface area contributed by atoms with Crippen molar-refractivity contribution in [3.05, 3.63) is 0 Å². The highest BCUT2D eigenvalue weighted by atomic mass is 35.5. The molecule has 0 saturated heterocycles. The molecule has 0 aromatic carbocycles. The fourth-order valence-corrected chi connectivity index (χ4v) is 0.926. The second-order valence-electron chi connectivity index (χ2n) is 2.53. The van der Waals surface area contributed by atoms with Crippen LogP contribution in [-0.2, 0) is 0 Å². The molecule has 3 nitrogen and oxygen atoms in total. The molecule has 72 valence electrons. The van der Waals surface area contributed by atoms with Crippen LogP contribution < -0.4 is 5.32 Å². The SMILES string of the molecule is CCCCCCNC(=O)N(Cl)Cl. The van der Waals surface area contributed by atoms with Crippen molar-refractivity contribution in [3.63, 3.8) is 0 Å². The van der Waals surface area contributed by atoms with Crippen LogP contribution >= 0.6 is 23.6 Å². The number of amides is 2. The lowest BCUT2D eigenvalue weighted by Gasteiger charge is -2.05. The van der Waals surface area contributed by atoms with E-state index in [-0.39, 0.29) is 0 Å². The minimum absolute atomic E-state index is 0.463. The molecule has 0 aromatic heterocycles. The zero-order chi connectivity index (χ0) is 9.40. The molecular formula is C7H14Cl2N2O. The molecule has 0 radical (unpaired) electrons. The summed E-state index contributed by atoms with van der Waals surface area (Å²) in [5, 5.41) is 2.56. The van der Waals surface area contributed by atoms with Crippen molar-refractivity contribution in [2.45, 2.75) is 32.6 Å². The van der Waals surface area contributed by atoms with Gasteiger partial charge in [-0.25, -0.2) is 4.79 Å². The third-order valence-electron chi connectivity index (χ3n) is 1.46. The number of carbonyl (C=O) groups excluding carboxylic acids is 1. The number of carbonyl (C=O) groups is 1. The summed E-state index contributed by atoms with van der Waals surface area (Å²) in [5.74, 6) is 0. The van der Waals surface area contributed by atoms with Gasteiger partial charge in [-0.15, -0.1) is 3.94 Å². The Labute approximate surface area is 83.2 Å². The van der Waals surface area contributed by atoms with Crippen molar-refractivity contribution in [2.24, 2.45) is 0 Å². The molecule has 0 saturated carbocycles. The van der Waals surface area contributed by atoms with Crippen LogP contribution in [0.1, 0.15) is 32.6 Å². The lowest BCUT2D eigenvalue weighted by molar-refractivity contribution is 0.236. The van der Waals surface area contributed by atoms with Gasteiger partial charge in [-0.3, -0.25) is 0 Å². The number of urea groups is 1. The Hall–Kier alpha value is -0.150. The normalized spacial score (nSPS) is 9.58. The number of rotatable bonds is 5. The van der Waals surface area contributed by atoms with Crippen LogP contribution in [0.15, 0.2) is 0 Å². The first-order valence-electron chi connectivity index (χ1n) is 4.08. The molecule has 2 amide bonds. The van der Waals surface area contributed by atoms with Crippen LogP contribution in [0.2, 0.25) is 0 Å². The first kappa shape index (κ1) is 11.8. The molecule has 1 N–H and O–H groups in total. The number of nitrogens with zero attached hydrogens (tertiary/aromatic N) is 1. The molecule has 0 rings (SSSR count). The Kier molecular flexibility index (Phi) is 7.40. The van der Waals surface area contributed by atoms with E-state index in [9.17, 15) is 4.79 Å². The van der Waals surface area contributed by atoms with E-state index in [0.717, 1.165) is 12.8 Å². The maximum atomic E-state index is 10.7. The third-order valence-corrected chi connectivity index (χ3v) is 1.77. The van der Waals surface area contributed by atoms with E-state index in [1.165, 1.54) is 12.8 Å². The largest absolute Gasteiger partial charge is 0.347 e. The highest BCUT2D eigenvalue weighted by Crippen LogP contribution is 2.00. The molecule has 0 fully saturated rings. The molecular weight excluding hydrogens is 199 g/mol. The second kappa shape index (κ2) is 7.50. The highest BCUT2D eigenvalue weighted by Gasteiger charge is 2.04. The fraction of sp³-hybridized carbons (Fsp3) is 0.857. The van der Waals surface area contributed by atoms with Gasteiger partial charge < -0.3 is 5.32 Å². The Morgan fingerprint density at radius 1 is 1.33 bits per heavy atom. The standard InChI is InChI=1S/C7H14Cl2N2O/c1-2-3-4-5-6-10-7(12)11(8)9/h2-6H2,1H3,(H,10,12). The second-order valence-corrected chi connectivity index (χ2v) is 3.37. The average molecular weight is 213 g/mol. The van der Waals surface area contributed by atoms with Crippen molar-refractivity contribution in [2.75, 3.05) is 6.54 Å². The van der Waals surface area contributed by atoms with Gasteiger partial charge in [0.2, 0.25) is 0 Å². The first-order valence-corrected chi connectivity index (χ1v) is 4.75. The van der Waals surface area contributed by atoms with E-state index in [0.29, 0.717) is 10.5 Å². The van der Waals surface area contributed by atoms with E-state index >= 15 is 0 Å². The molecule has 0 atom stereocenters. The zero-order valence-corrected chi connectivity index (χ0v) is 8.66. The minimum atomic E-state index is -0.463. The summed E-state index contributed by atoms with van der Waals surface area (Å²) in [4.78, 5) is 10.7. The quantitative estimate of drug-likeness (QED) is 0.552. The predicted molar refractivity (Wildman–Crippen MR) is 51.1 cm³/mol. The van der Waals surface area contributed by atoms with Gasteiger partial charge in [0.25, 0.3) is 0 Å². The van der Waals surface area contributed by atoms with Crippen LogP contribution in [-0.4, -0.2) is 16.5 Å². The summed E-state index contributed by atoms with van der Waals surface area (Å²) in [5.41, 5.74) is 0. The summed E-state index contributed by atoms with van der Waals surface area (Å²) in [7, 11) is 0. The van der Waals surface area contributed by atoms with Gasteiger partial charge in [0, 0.05) is 30.1 Å². The lowest BCUT2D eigenvalue weighted by Crippen LogP contribution is -2.29. The van der Waals surface area contributed by atoms with E-state index in [4.69, 9.17) is 23.6 Å². The van der Waals surface area contributed by atoms with Crippen LogP contribution in [0, 0.1) is 0 Å². The van der Waals surface area contributed by atoms with Crippen molar-refractivity contribution in [1.82, 2.24) is 9.25 Å². The molecule has 0 bridgehead atoms. The monoisotopic (exact) mass is 212 g/mol. The first-order chi connectivity index (χ1) is 5.68. The van der Waals surface area contributed by atoms with Gasteiger partial charge in [-0.05, 0) is 6.42 Å². The van der Waals surface area contributed by atoms with E-state index in [2.05, 4.69) is 12.2 Å². The summed E-state index contributed by atoms with van der Waals surface area (Å²) in [6, 6.07) is -0.463. The van der Waals surface area contributed by atoms with Gasteiger partial charge in [0.05, 0.1) is 0 Å². The molecule has 0 aromatic rings. The van der Waals surface area contributed by atoms with Crippen molar-refractivity contribution < 1.29 is 4.79 Å². The molecule has 0 heterocycles. The number of hydrogen-bond acceptors (Lipinski definition) is 1. The molecule has 0 aliphatic carbocycles. The van der Waals surface area contributed by atoms with Crippen LogP contribution in [0.3, 0.4) is 0 Å². The average Bonchev–Trinajstić information content (AvgIpc) is 2.03. The van der Waals surface area contributed by atoms with Gasteiger partial charge in [-0.2, -0.15) is 0 Å². The molecule has 0 aliphatic rings. The summed E-state index contributed by atoms with van der Waals surface area (Å²) >= 11 is 10.3. The molecule has 0 spiro atoms. The van der Waals surface area contributed by atoms with E-state index in [1.807, 2.05) is 0 Å². The Balaban J connectivity index is 3.14. The van der Waals surface area contributed by atoms with Crippen molar-refractivity contribution >= 4 is 29.6 Å². The number of unbranched alkanes of at least 4 members (excludes halogenated alkanes) is 3. The maximum absolute atomic E-state index is 10.7. The highest BCUT2D eigenvalue weighted by molar-refractivity contribution is 6.41. The summed E-state index contributed by atoms with van der Waals surface area (Å²) in [6.45, 7) is 2.77. The van der Waals surface area contributed by atoms with Gasteiger partial charge in [0.15, 0.2) is 0 Å². The van der Waals surface area contributed by atoms with E-state index in [1.54, 1.807) is 0 Å². The molecule has 0 unspecified atom stereocenters.